The lowest BCUT2D eigenvalue weighted by atomic mass is 9.83. The van der Waals surface area contributed by atoms with Crippen molar-refractivity contribution < 1.29 is 23.8 Å². The van der Waals surface area contributed by atoms with Gasteiger partial charge in [0.2, 0.25) is 0 Å². The lowest BCUT2D eigenvalue weighted by molar-refractivity contribution is -0.130. The number of rotatable bonds is 7. The van der Waals surface area contributed by atoms with Gasteiger partial charge >= 0.3 is 5.97 Å². The number of benzene rings is 1. The van der Waals surface area contributed by atoms with Crippen LogP contribution in [0.5, 0.6) is 11.5 Å². The zero-order chi connectivity index (χ0) is 21.6. The fraction of sp³-hybridized carbons (Fsp3) is 0.571. The van der Waals surface area contributed by atoms with E-state index < -0.39 is 23.5 Å². The average Bonchev–Trinajstić information content (AvgIpc) is 2.69. The minimum atomic E-state index is -1.06. The summed E-state index contributed by atoms with van der Waals surface area (Å²) >= 11 is 6.24. The molecule has 1 unspecified atom stereocenters. The summed E-state index contributed by atoms with van der Waals surface area (Å²) in [5, 5.41) is 12.5. The van der Waals surface area contributed by atoms with Crippen LogP contribution >= 0.6 is 11.6 Å². The Labute approximate surface area is 176 Å². The lowest BCUT2D eigenvalue weighted by Gasteiger charge is -2.32. The van der Waals surface area contributed by atoms with Gasteiger partial charge in [0.25, 0.3) is 5.91 Å². The summed E-state index contributed by atoms with van der Waals surface area (Å²) in [6.45, 7) is 5.16. The van der Waals surface area contributed by atoms with Crippen molar-refractivity contribution in [2.45, 2.75) is 70.6 Å². The molecule has 1 N–H and O–H groups in total. The molecule has 0 aliphatic heterocycles. The number of hydrogen-bond donors (Lipinski definition) is 1. The Hall–Kier alpha value is -2.46. The maximum absolute atomic E-state index is 12.5. The van der Waals surface area contributed by atoms with E-state index in [1.807, 2.05) is 13.8 Å². The van der Waals surface area contributed by atoms with Crippen LogP contribution in [0.3, 0.4) is 0 Å². The summed E-state index contributed by atoms with van der Waals surface area (Å²) in [5.74, 6) is -0.598. The van der Waals surface area contributed by atoms with Crippen molar-refractivity contribution in [1.29, 1.82) is 5.26 Å². The van der Waals surface area contributed by atoms with Gasteiger partial charge in [-0.15, -0.1) is 0 Å². The molecule has 1 aliphatic carbocycles. The third kappa shape index (κ3) is 5.77. The maximum Gasteiger partial charge on any atom is 0.339 e. The lowest BCUT2D eigenvalue weighted by Crippen LogP contribution is -2.52. The zero-order valence-electron chi connectivity index (χ0n) is 17.2. The van der Waals surface area contributed by atoms with Gasteiger partial charge in [-0.25, -0.2) is 4.79 Å². The van der Waals surface area contributed by atoms with Crippen molar-refractivity contribution in [2.75, 3.05) is 7.11 Å². The highest BCUT2D eigenvalue weighted by Gasteiger charge is 2.35. The quantitative estimate of drug-likeness (QED) is 0.666. The number of methoxy groups -OCH3 is 1. The van der Waals surface area contributed by atoms with Gasteiger partial charge in [-0.1, -0.05) is 30.9 Å². The summed E-state index contributed by atoms with van der Waals surface area (Å²) in [6, 6.07) is 5.07. The first-order chi connectivity index (χ1) is 13.7. The second-order valence-corrected chi connectivity index (χ2v) is 7.85. The summed E-state index contributed by atoms with van der Waals surface area (Å²) in [4.78, 5) is 25.0. The van der Waals surface area contributed by atoms with Gasteiger partial charge in [-0.2, -0.15) is 5.26 Å². The Bertz CT molecular complexity index is 797. The molecule has 2 rings (SSSR count). The minimum Gasteiger partial charge on any atom is -0.493 e. The molecule has 1 aromatic carbocycles. The molecule has 7 nitrogen and oxygen atoms in total. The van der Waals surface area contributed by atoms with Gasteiger partial charge in [0.05, 0.1) is 29.9 Å². The van der Waals surface area contributed by atoms with E-state index in [-0.39, 0.29) is 16.7 Å². The van der Waals surface area contributed by atoms with Crippen molar-refractivity contribution >= 4 is 23.5 Å². The Morgan fingerprint density at radius 1 is 1.21 bits per heavy atom. The van der Waals surface area contributed by atoms with E-state index in [1.54, 1.807) is 0 Å². The maximum atomic E-state index is 12.5. The van der Waals surface area contributed by atoms with Gasteiger partial charge in [-0.05, 0) is 45.7 Å². The highest BCUT2D eigenvalue weighted by molar-refractivity contribution is 6.32. The van der Waals surface area contributed by atoms with Crippen LogP contribution in [0.15, 0.2) is 12.1 Å². The largest absolute Gasteiger partial charge is 0.493 e. The molecule has 0 bridgehead atoms. The molecule has 1 atom stereocenters. The van der Waals surface area contributed by atoms with Crippen molar-refractivity contribution in [3.05, 3.63) is 22.7 Å². The van der Waals surface area contributed by atoms with E-state index in [2.05, 4.69) is 11.4 Å². The van der Waals surface area contributed by atoms with Crippen molar-refractivity contribution in [1.82, 2.24) is 5.32 Å². The number of amides is 1. The van der Waals surface area contributed by atoms with Gasteiger partial charge < -0.3 is 19.5 Å². The van der Waals surface area contributed by atoms with E-state index in [9.17, 15) is 14.9 Å². The Balaban J connectivity index is 2.09. The minimum absolute atomic E-state index is 0.129. The second kappa shape index (κ2) is 9.84. The molecule has 0 spiro atoms. The number of carbonyl (C=O) groups is 2. The van der Waals surface area contributed by atoms with E-state index in [0.717, 1.165) is 19.3 Å². The molecule has 1 saturated carbocycles. The van der Waals surface area contributed by atoms with Crippen molar-refractivity contribution in [3.8, 4) is 17.6 Å². The van der Waals surface area contributed by atoms with E-state index in [0.29, 0.717) is 24.3 Å². The zero-order valence-corrected chi connectivity index (χ0v) is 18.0. The van der Waals surface area contributed by atoms with E-state index in [4.69, 9.17) is 25.8 Å². The van der Waals surface area contributed by atoms with E-state index >= 15 is 0 Å². The number of halogens is 1. The molecule has 8 heteroatoms. The first-order valence-electron chi connectivity index (χ1n) is 9.70. The molecule has 29 heavy (non-hydrogen) atoms. The van der Waals surface area contributed by atoms with Crippen molar-refractivity contribution in [3.63, 3.8) is 0 Å². The smallest absolute Gasteiger partial charge is 0.339 e. The average molecular weight is 423 g/mol. The molecule has 0 saturated heterocycles. The predicted molar refractivity (Wildman–Crippen MR) is 108 cm³/mol. The first kappa shape index (κ1) is 22.8. The van der Waals surface area contributed by atoms with Gasteiger partial charge in [0.15, 0.2) is 17.6 Å². The van der Waals surface area contributed by atoms with Crippen molar-refractivity contribution in [2.24, 2.45) is 0 Å². The van der Waals surface area contributed by atoms with Crippen LogP contribution in [-0.2, 0) is 9.53 Å². The number of esters is 1. The monoisotopic (exact) mass is 422 g/mol. The number of nitrogens with one attached hydrogen (secondary N) is 1. The molecule has 0 radical (unpaired) electrons. The summed E-state index contributed by atoms with van der Waals surface area (Å²) in [5.41, 5.74) is -0.756. The third-order valence-electron chi connectivity index (χ3n) is 4.76. The van der Waals surface area contributed by atoms with Gasteiger partial charge in [0.1, 0.15) is 5.54 Å². The molecule has 1 aliphatic rings. The fourth-order valence-electron chi connectivity index (χ4n) is 3.23. The molecule has 0 aromatic heterocycles. The molecular weight excluding hydrogens is 396 g/mol. The molecule has 0 heterocycles. The molecular formula is C21H27ClN2O5. The Morgan fingerprint density at radius 3 is 2.41 bits per heavy atom. The second-order valence-electron chi connectivity index (χ2n) is 7.45. The van der Waals surface area contributed by atoms with Crippen LogP contribution in [0.2, 0.25) is 5.02 Å². The van der Waals surface area contributed by atoms with Crippen LogP contribution in [0, 0.1) is 11.3 Å². The first-order valence-corrected chi connectivity index (χ1v) is 10.1. The fourth-order valence-corrected chi connectivity index (χ4v) is 3.48. The van der Waals surface area contributed by atoms with Gasteiger partial charge in [-0.3, -0.25) is 4.79 Å². The molecule has 158 valence electrons. The molecule has 1 amide bonds. The number of ether oxygens (including phenoxy) is 3. The van der Waals surface area contributed by atoms with Gasteiger partial charge in [0, 0.05) is 0 Å². The molecule has 1 fully saturated rings. The van der Waals surface area contributed by atoms with Crippen LogP contribution in [0.25, 0.3) is 0 Å². The summed E-state index contributed by atoms with van der Waals surface area (Å²) < 4.78 is 16.2. The number of hydrogen-bond acceptors (Lipinski definition) is 6. The highest BCUT2D eigenvalue weighted by Crippen LogP contribution is 2.37. The van der Waals surface area contributed by atoms with Crippen LogP contribution < -0.4 is 14.8 Å². The van der Waals surface area contributed by atoms with Crippen LogP contribution in [-0.4, -0.2) is 36.7 Å². The topological polar surface area (TPSA) is 97.6 Å². The van der Waals surface area contributed by atoms with Crippen LogP contribution in [0.1, 0.15) is 63.2 Å². The highest BCUT2D eigenvalue weighted by atomic mass is 35.5. The summed E-state index contributed by atoms with van der Waals surface area (Å²) in [6.07, 6.45) is 2.81. The normalized spacial score (nSPS) is 16.4. The summed E-state index contributed by atoms with van der Waals surface area (Å²) in [7, 11) is 1.44. The van der Waals surface area contributed by atoms with E-state index in [1.165, 1.54) is 26.2 Å². The number of carbonyl (C=O) groups excluding carboxylic acids is 2. The SMILES string of the molecule is COc1cc(C(=O)OC(C)C(=O)NC2(C#N)CCCCC2)cc(Cl)c1OC(C)C. The number of nitriles is 1. The van der Waals surface area contributed by atoms with Crippen LogP contribution in [0.4, 0.5) is 0 Å². The Kier molecular flexibility index (Phi) is 7.74. The Morgan fingerprint density at radius 2 is 1.86 bits per heavy atom. The third-order valence-corrected chi connectivity index (χ3v) is 5.04. The standard InChI is InChI=1S/C21H27ClN2O5/c1-13(2)28-18-16(22)10-15(11-17(18)27-4)20(26)29-14(3)19(25)24-21(12-23)8-6-5-7-9-21/h10-11,13-14H,5-9H2,1-4H3,(H,24,25). The molecule has 1 aromatic rings. The predicted octanol–water partition coefficient (Wildman–Crippen LogP) is 4.02. The number of nitrogens with zero attached hydrogens (tertiary/aromatic N) is 1.